The summed E-state index contributed by atoms with van der Waals surface area (Å²) in [4.78, 5) is 64.7. The summed E-state index contributed by atoms with van der Waals surface area (Å²) in [6.07, 6.45) is 0. The van der Waals surface area contributed by atoms with Crippen LogP contribution >= 0.6 is 23.5 Å². The van der Waals surface area contributed by atoms with E-state index in [1.807, 2.05) is 0 Å². The van der Waals surface area contributed by atoms with E-state index in [1.54, 1.807) is 0 Å². The maximum atomic E-state index is 8.88. The Morgan fingerprint density at radius 3 is 0.343 bits per heavy atom. The fourth-order valence-electron chi connectivity index (χ4n) is 0. The zero-order chi connectivity index (χ0) is 31.4. The van der Waals surface area contributed by atoms with Crippen molar-refractivity contribution in [3.8, 4) is 0 Å². The highest BCUT2D eigenvalue weighted by Gasteiger charge is 2.01. The molecule has 0 saturated heterocycles. The van der Waals surface area contributed by atoms with Gasteiger partial charge in [0.2, 0.25) is 0 Å². The van der Waals surface area contributed by atoms with Crippen molar-refractivity contribution in [2.24, 2.45) is 57.3 Å². The second-order valence-corrected chi connectivity index (χ2v) is 6.90. The monoisotopic (exact) mass is 589 g/mol. The van der Waals surface area contributed by atoms with Crippen molar-refractivity contribution in [2.45, 2.75) is 0 Å². The quantitative estimate of drug-likeness (QED) is 0.0708. The average Bonchev–Trinajstić information content (AvgIpc) is 2.25. The highest BCUT2D eigenvalue weighted by Crippen LogP contribution is 2.26. The Bertz CT molecular complexity index is 552. The molecule has 35 heavy (non-hydrogen) atoms. The summed E-state index contributed by atoms with van der Waals surface area (Å²) >= 11 is 0. The van der Waals surface area contributed by atoms with Crippen molar-refractivity contribution in [3.63, 3.8) is 0 Å². The first kappa shape index (κ1) is 53.2. The first-order valence-corrected chi connectivity index (χ1v) is 11.2. The molecule has 0 bridgehead atoms. The van der Waals surface area contributed by atoms with Crippen LogP contribution in [0.5, 0.6) is 0 Å². The van der Waals surface area contributed by atoms with Gasteiger partial charge in [0.15, 0.2) is 29.8 Å². The highest BCUT2D eigenvalue weighted by molar-refractivity contribution is 7.45. The van der Waals surface area contributed by atoms with Crippen LogP contribution in [0.1, 0.15) is 0 Å². The molecule has 0 aromatic carbocycles. The lowest BCUT2D eigenvalue weighted by Crippen LogP contribution is -2.20. The number of guanidine groups is 5. The van der Waals surface area contributed by atoms with Crippen LogP contribution in [0.25, 0.3) is 0 Å². The Hall–Kier alpha value is -3.32. The van der Waals surface area contributed by atoms with Crippen molar-refractivity contribution in [1.82, 2.24) is 0 Å². The standard InChI is InChI=1S/5CH5N3.3H3O4P/c5*2-1(3)4;3*1-5(2,3)4/h5*(H5,2,3,4);3*(H3,1,2,3,4). The Balaban J connectivity index is -0.0000000398. The lowest BCUT2D eigenvalue weighted by atomic mass is 11.1. The Kier molecular flexibility index (Phi) is 46.6. The van der Waals surface area contributed by atoms with E-state index in [0.29, 0.717) is 0 Å². The molecular formula is C5H34N15O12P3. The SMILES string of the molecule is N=C(N)N.N=C(N)N.N=C(N)N.N=C(N)N.N=C(N)N.O=P(O)(O)O.O=P(O)(O)O.O=P(O)(O)O. The third kappa shape index (κ3) is 2290. The van der Waals surface area contributed by atoms with Crippen LogP contribution in [-0.4, -0.2) is 73.8 Å². The number of rotatable bonds is 0. The van der Waals surface area contributed by atoms with E-state index in [0.717, 1.165) is 0 Å². The van der Waals surface area contributed by atoms with Gasteiger partial charge in [0, 0.05) is 0 Å². The third-order valence-corrected chi connectivity index (χ3v) is 0. The number of hydrogen-bond acceptors (Lipinski definition) is 8. The number of phosphoric acid groups is 3. The van der Waals surface area contributed by atoms with E-state index in [-0.39, 0.29) is 29.8 Å². The van der Waals surface area contributed by atoms with Crippen molar-refractivity contribution in [2.75, 3.05) is 0 Å². The Morgan fingerprint density at radius 2 is 0.343 bits per heavy atom. The predicted octanol–water partition coefficient (Wildman–Crippen LogP) is -8.59. The summed E-state index contributed by atoms with van der Waals surface area (Å²) in [6.45, 7) is 0. The zero-order valence-electron chi connectivity index (χ0n) is 17.4. The Labute approximate surface area is 196 Å². The van der Waals surface area contributed by atoms with Gasteiger partial charge < -0.3 is 101 Å². The summed E-state index contributed by atoms with van der Waals surface area (Å²) in [5.41, 5.74) is 44.7. The molecule has 0 atom stereocenters. The molecule has 0 aliphatic heterocycles. The van der Waals surface area contributed by atoms with E-state index < -0.39 is 23.5 Å². The van der Waals surface area contributed by atoms with Crippen molar-refractivity contribution in [1.29, 1.82) is 27.0 Å². The minimum atomic E-state index is -4.64. The van der Waals surface area contributed by atoms with Gasteiger partial charge in [0.25, 0.3) is 0 Å². The minimum Gasteiger partial charge on any atom is -0.370 e. The predicted molar refractivity (Wildman–Crippen MR) is 123 cm³/mol. The summed E-state index contributed by atoms with van der Waals surface area (Å²) in [5.74, 6) is -1.67. The molecule has 0 aliphatic carbocycles. The van der Waals surface area contributed by atoms with Crippen LogP contribution in [-0.2, 0) is 13.7 Å². The van der Waals surface area contributed by atoms with Gasteiger partial charge in [-0.25, -0.2) is 13.7 Å². The highest BCUT2D eigenvalue weighted by atomic mass is 31.2. The summed E-state index contributed by atoms with van der Waals surface area (Å²) in [6, 6.07) is 0. The van der Waals surface area contributed by atoms with Crippen LogP contribution in [0.2, 0.25) is 0 Å². The van der Waals surface area contributed by atoms with E-state index >= 15 is 0 Å². The maximum absolute atomic E-state index is 8.88. The molecule has 0 amide bonds. The largest absolute Gasteiger partial charge is 0.466 e. The van der Waals surface area contributed by atoms with Crippen molar-refractivity contribution < 1.29 is 57.7 Å². The van der Waals surface area contributed by atoms with E-state index in [1.165, 1.54) is 0 Å². The smallest absolute Gasteiger partial charge is 0.370 e. The maximum Gasteiger partial charge on any atom is 0.466 e. The third-order valence-electron chi connectivity index (χ3n) is 0. The minimum absolute atomic E-state index is 0.333. The van der Waals surface area contributed by atoms with Crippen LogP contribution in [0.4, 0.5) is 0 Å². The molecule has 0 unspecified atom stereocenters. The number of nitrogens with one attached hydrogen (secondary N) is 5. The van der Waals surface area contributed by atoms with Crippen LogP contribution in [0.3, 0.4) is 0 Å². The van der Waals surface area contributed by atoms with Gasteiger partial charge in [-0.2, -0.15) is 0 Å². The molecule has 0 fully saturated rings. The van der Waals surface area contributed by atoms with Gasteiger partial charge in [-0.15, -0.1) is 0 Å². The van der Waals surface area contributed by atoms with E-state index in [4.69, 9.17) is 84.8 Å². The topological polar surface area (TPSA) is 613 Å². The lowest BCUT2D eigenvalue weighted by Gasteiger charge is -1.82. The van der Waals surface area contributed by atoms with E-state index in [9.17, 15) is 0 Å². The molecule has 0 aromatic heterocycles. The summed E-state index contributed by atoms with van der Waals surface area (Å²) < 4.78 is 26.6. The van der Waals surface area contributed by atoms with Crippen molar-refractivity contribution in [3.05, 3.63) is 0 Å². The molecule has 0 rings (SSSR count). The van der Waals surface area contributed by atoms with Gasteiger partial charge in [0.1, 0.15) is 0 Å². The molecule has 0 spiro atoms. The number of nitrogens with two attached hydrogens (primary N) is 10. The van der Waals surface area contributed by atoms with Crippen LogP contribution < -0.4 is 57.3 Å². The molecular weight excluding hydrogens is 555 g/mol. The summed E-state index contributed by atoms with van der Waals surface area (Å²) in [5, 5.41) is 30.3. The molecule has 30 heteroatoms. The molecule has 0 aromatic rings. The molecule has 0 heterocycles. The molecule has 0 saturated carbocycles. The molecule has 0 aliphatic rings. The van der Waals surface area contributed by atoms with Gasteiger partial charge in [-0.1, -0.05) is 0 Å². The van der Waals surface area contributed by atoms with Gasteiger partial charge in [-0.05, 0) is 0 Å². The molecule has 216 valence electrons. The average molecular weight is 589 g/mol. The second-order valence-electron chi connectivity index (χ2n) is 3.82. The lowest BCUT2D eigenvalue weighted by molar-refractivity contribution is 0.272. The van der Waals surface area contributed by atoms with Gasteiger partial charge in [-0.3, -0.25) is 27.0 Å². The fraction of sp³-hybridized carbons (Fsp3) is 0. The second kappa shape index (κ2) is 30.7. The molecule has 0 radical (unpaired) electrons. The van der Waals surface area contributed by atoms with Gasteiger partial charge in [0.05, 0.1) is 0 Å². The first-order valence-electron chi connectivity index (χ1n) is 6.48. The fourth-order valence-corrected chi connectivity index (χ4v) is 0. The molecule has 34 N–H and O–H groups in total. The van der Waals surface area contributed by atoms with Crippen LogP contribution in [0, 0.1) is 27.0 Å². The normalized spacial score (nSPS) is 8.49. The Morgan fingerprint density at radius 1 is 0.343 bits per heavy atom. The van der Waals surface area contributed by atoms with Crippen molar-refractivity contribution >= 4 is 53.3 Å². The summed E-state index contributed by atoms with van der Waals surface area (Å²) in [7, 11) is -13.9. The van der Waals surface area contributed by atoms with Gasteiger partial charge >= 0.3 is 23.5 Å². The van der Waals surface area contributed by atoms with E-state index in [2.05, 4.69) is 57.3 Å². The first-order chi connectivity index (χ1) is 14.7. The zero-order valence-corrected chi connectivity index (χ0v) is 20.0. The van der Waals surface area contributed by atoms with Crippen LogP contribution in [0.15, 0.2) is 0 Å². The number of hydrogen-bond donors (Lipinski definition) is 24. The molecule has 27 nitrogen and oxygen atoms in total.